The Balaban J connectivity index is 1.58. The highest BCUT2D eigenvalue weighted by atomic mass is 19.1. The molecule has 0 aliphatic heterocycles. The van der Waals surface area contributed by atoms with E-state index in [1.807, 2.05) is 37.3 Å². The summed E-state index contributed by atoms with van der Waals surface area (Å²) in [5, 5.41) is 32.2. The molecule has 3 N–H and O–H groups in total. The van der Waals surface area contributed by atoms with Crippen LogP contribution in [-0.4, -0.2) is 46.2 Å². The molecule has 0 heterocycles. The van der Waals surface area contributed by atoms with Crippen LogP contribution in [0.3, 0.4) is 0 Å². The number of hydrogen-bond acceptors (Lipinski definition) is 5. The third-order valence-corrected chi connectivity index (χ3v) is 5.72. The van der Waals surface area contributed by atoms with Crippen LogP contribution >= 0.6 is 0 Å². The molecule has 2 unspecified atom stereocenters. The number of halogens is 1. The molecule has 0 fully saturated rings. The highest BCUT2D eigenvalue weighted by Crippen LogP contribution is 2.25. The molecule has 0 spiro atoms. The Labute approximate surface area is 203 Å². The fourth-order valence-electron chi connectivity index (χ4n) is 3.60. The molecule has 0 aromatic heterocycles. The molecule has 0 radical (unpaired) electrons. The molecule has 7 nitrogen and oxygen atoms in total. The first-order chi connectivity index (χ1) is 16.7. The second-order valence-corrected chi connectivity index (χ2v) is 8.20. The van der Waals surface area contributed by atoms with E-state index in [2.05, 4.69) is 5.32 Å². The van der Waals surface area contributed by atoms with Gasteiger partial charge in [0, 0.05) is 25.7 Å². The minimum absolute atomic E-state index is 0.0321. The number of nitriles is 1. The Morgan fingerprint density at radius 1 is 1.03 bits per heavy atom. The molecule has 0 saturated carbocycles. The van der Waals surface area contributed by atoms with Crippen molar-refractivity contribution in [3.8, 4) is 17.2 Å². The number of benzene rings is 3. The summed E-state index contributed by atoms with van der Waals surface area (Å²) in [7, 11) is 1.49. The lowest BCUT2D eigenvalue weighted by Gasteiger charge is -2.24. The third kappa shape index (κ3) is 6.09. The van der Waals surface area contributed by atoms with Gasteiger partial charge in [0.15, 0.2) is 12.2 Å². The first-order valence-electron chi connectivity index (χ1n) is 10.9. The maximum atomic E-state index is 13.9. The summed E-state index contributed by atoms with van der Waals surface area (Å²) >= 11 is 0. The SMILES string of the molecule is Cc1ccccc1CN(C)C(=O)C(O)C(O)C(=O)NCc1ccc(-c2cccc(F)c2C#N)cc1. The van der Waals surface area contributed by atoms with Crippen molar-refractivity contribution in [2.45, 2.75) is 32.2 Å². The van der Waals surface area contributed by atoms with Crippen molar-refractivity contribution in [1.29, 1.82) is 5.26 Å². The molecule has 3 rings (SSSR count). The Morgan fingerprint density at radius 2 is 1.71 bits per heavy atom. The van der Waals surface area contributed by atoms with E-state index in [1.54, 1.807) is 30.3 Å². The van der Waals surface area contributed by atoms with Crippen molar-refractivity contribution in [3.05, 3.63) is 94.8 Å². The van der Waals surface area contributed by atoms with E-state index in [1.165, 1.54) is 24.1 Å². The minimum atomic E-state index is -1.94. The minimum Gasteiger partial charge on any atom is -0.380 e. The van der Waals surface area contributed by atoms with E-state index in [0.717, 1.165) is 11.1 Å². The van der Waals surface area contributed by atoms with E-state index in [0.29, 0.717) is 16.7 Å². The van der Waals surface area contributed by atoms with E-state index in [-0.39, 0.29) is 18.7 Å². The summed E-state index contributed by atoms with van der Waals surface area (Å²) in [5.41, 5.74) is 3.57. The number of aryl methyl sites for hydroxylation is 1. The number of carbonyl (C=O) groups excluding carboxylic acids is 2. The molecule has 3 aromatic carbocycles. The van der Waals surface area contributed by atoms with Crippen LogP contribution in [-0.2, 0) is 22.7 Å². The van der Waals surface area contributed by atoms with Crippen LogP contribution in [0.4, 0.5) is 4.39 Å². The van der Waals surface area contributed by atoms with E-state index in [4.69, 9.17) is 0 Å². The molecule has 0 saturated heterocycles. The second kappa shape index (κ2) is 11.4. The predicted octanol–water partition coefficient (Wildman–Crippen LogP) is 2.67. The van der Waals surface area contributed by atoms with Gasteiger partial charge in [-0.3, -0.25) is 9.59 Å². The number of nitrogens with one attached hydrogen (secondary N) is 1. The number of carbonyl (C=O) groups is 2. The Kier molecular flexibility index (Phi) is 8.31. The van der Waals surface area contributed by atoms with Crippen LogP contribution in [0.5, 0.6) is 0 Å². The van der Waals surface area contributed by atoms with Gasteiger partial charge in [0.25, 0.3) is 11.8 Å². The maximum absolute atomic E-state index is 13.9. The summed E-state index contributed by atoms with van der Waals surface area (Å²) in [5.74, 6) is -2.27. The Morgan fingerprint density at radius 3 is 2.37 bits per heavy atom. The molecule has 0 aliphatic carbocycles. The zero-order valence-electron chi connectivity index (χ0n) is 19.4. The van der Waals surface area contributed by atoms with Crippen LogP contribution in [0.1, 0.15) is 22.3 Å². The van der Waals surface area contributed by atoms with E-state index in [9.17, 15) is 29.5 Å². The number of rotatable bonds is 8. The smallest absolute Gasteiger partial charge is 0.254 e. The summed E-state index contributed by atoms with van der Waals surface area (Å²) in [6.45, 7) is 2.16. The predicted molar refractivity (Wildman–Crippen MR) is 128 cm³/mol. The highest BCUT2D eigenvalue weighted by molar-refractivity contribution is 5.90. The van der Waals surface area contributed by atoms with Crippen molar-refractivity contribution in [2.75, 3.05) is 7.05 Å². The fourth-order valence-corrected chi connectivity index (χ4v) is 3.60. The van der Waals surface area contributed by atoms with Crippen molar-refractivity contribution < 1.29 is 24.2 Å². The first kappa shape index (κ1) is 25.6. The number of nitrogens with zero attached hydrogens (tertiary/aromatic N) is 2. The maximum Gasteiger partial charge on any atom is 0.254 e. The molecule has 0 bridgehead atoms. The zero-order valence-corrected chi connectivity index (χ0v) is 19.4. The summed E-state index contributed by atoms with van der Waals surface area (Å²) in [6, 6.07) is 20.5. The number of aliphatic hydroxyl groups is 2. The van der Waals surface area contributed by atoms with Crippen molar-refractivity contribution in [2.24, 2.45) is 0 Å². The van der Waals surface area contributed by atoms with Crippen molar-refractivity contribution in [3.63, 3.8) is 0 Å². The van der Waals surface area contributed by atoms with Gasteiger partial charge >= 0.3 is 0 Å². The normalized spacial score (nSPS) is 12.3. The van der Waals surface area contributed by atoms with E-state index >= 15 is 0 Å². The average molecular weight is 476 g/mol. The largest absolute Gasteiger partial charge is 0.380 e. The van der Waals surface area contributed by atoms with Crippen LogP contribution in [0.2, 0.25) is 0 Å². The molecule has 2 atom stereocenters. The topological polar surface area (TPSA) is 114 Å². The van der Waals surface area contributed by atoms with Gasteiger partial charge in [0.05, 0.1) is 5.56 Å². The van der Waals surface area contributed by atoms with Crippen molar-refractivity contribution >= 4 is 11.8 Å². The van der Waals surface area contributed by atoms with Gasteiger partial charge in [-0.15, -0.1) is 0 Å². The molecule has 35 heavy (non-hydrogen) atoms. The van der Waals surface area contributed by atoms with Crippen molar-refractivity contribution in [1.82, 2.24) is 10.2 Å². The van der Waals surface area contributed by atoms with Gasteiger partial charge in [0.2, 0.25) is 0 Å². The van der Waals surface area contributed by atoms with Gasteiger partial charge in [-0.05, 0) is 35.2 Å². The van der Waals surface area contributed by atoms with Gasteiger partial charge in [0.1, 0.15) is 11.9 Å². The Bertz CT molecular complexity index is 1250. The standard InChI is InChI=1S/C27H26FN3O4/c1-17-6-3-4-7-20(17)16-31(2)27(35)25(33)24(32)26(34)30-15-18-10-12-19(13-11-18)21-8-5-9-23(28)22(21)14-29/h3-13,24-25,32-33H,15-16H2,1-2H3,(H,30,34). The third-order valence-electron chi connectivity index (χ3n) is 5.72. The van der Waals surface area contributed by atoms with E-state index < -0.39 is 29.8 Å². The summed E-state index contributed by atoms with van der Waals surface area (Å²) in [6.07, 6.45) is -3.85. The second-order valence-electron chi connectivity index (χ2n) is 8.20. The molecule has 2 amide bonds. The van der Waals surface area contributed by atoms with Gasteiger partial charge < -0.3 is 20.4 Å². The first-order valence-corrected chi connectivity index (χ1v) is 10.9. The van der Waals surface area contributed by atoms with Gasteiger partial charge in [-0.1, -0.05) is 60.7 Å². The molecule has 0 aliphatic rings. The fraction of sp³-hybridized carbons (Fsp3) is 0.222. The van der Waals surface area contributed by atoms with Crippen LogP contribution in [0.25, 0.3) is 11.1 Å². The zero-order chi connectivity index (χ0) is 25.5. The average Bonchev–Trinajstić information content (AvgIpc) is 2.87. The van der Waals surface area contributed by atoms with Crippen LogP contribution in [0, 0.1) is 24.1 Å². The summed E-state index contributed by atoms with van der Waals surface area (Å²) in [4.78, 5) is 26.1. The van der Waals surface area contributed by atoms with Gasteiger partial charge in [-0.2, -0.15) is 5.26 Å². The number of amides is 2. The number of likely N-dealkylation sites (N-methyl/N-ethyl adjacent to an activating group) is 1. The monoisotopic (exact) mass is 475 g/mol. The molecular formula is C27H26FN3O4. The molecule has 8 heteroatoms. The molecule has 180 valence electrons. The number of aliphatic hydroxyl groups excluding tert-OH is 2. The van der Waals surface area contributed by atoms with Gasteiger partial charge in [-0.25, -0.2) is 4.39 Å². The molecule has 3 aromatic rings. The lowest BCUT2D eigenvalue weighted by Crippen LogP contribution is -2.49. The quantitative estimate of drug-likeness (QED) is 0.464. The van der Waals surface area contributed by atoms with Crippen LogP contribution in [0.15, 0.2) is 66.7 Å². The lowest BCUT2D eigenvalue weighted by molar-refractivity contribution is -0.152. The summed E-state index contributed by atoms with van der Waals surface area (Å²) < 4.78 is 13.9. The molecular weight excluding hydrogens is 449 g/mol. The highest BCUT2D eigenvalue weighted by Gasteiger charge is 2.32. The lowest BCUT2D eigenvalue weighted by atomic mass is 9.99. The van der Waals surface area contributed by atoms with Crippen LogP contribution < -0.4 is 5.32 Å². The number of hydrogen-bond donors (Lipinski definition) is 3. The Hall–Kier alpha value is -4.06.